The van der Waals surface area contributed by atoms with Gasteiger partial charge in [-0.1, -0.05) is 32.9 Å². The lowest BCUT2D eigenvalue weighted by molar-refractivity contribution is 0.122. The van der Waals surface area contributed by atoms with Gasteiger partial charge < -0.3 is 9.64 Å². The minimum absolute atomic E-state index is 0.105. The van der Waals surface area contributed by atoms with Crippen molar-refractivity contribution in [2.75, 3.05) is 37.8 Å². The summed E-state index contributed by atoms with van der Waals surface area (Å²) < 4.78 is 36.0. The van der Waals surface area contributed by atoms with E-state index in [2.05, 4.69) is 14.9 Å². The molecular weight excluding hydrogens is 416 g/mol. The monoisotopic (exact) mass is 442 g/mol. The van der Waals surface area contributed by atoms with Gasteiger partial charge in [-0.05, 0) is 29.7 Å². The van der Waals surface area contributed by atoms with Crippen molar-refractivity contribution in [2.45, 2.75) is 25.7 Å². The summed E-state index contributed by atoms with van der Waals surface area (Å²) in [5.41, 5.74) is 2.47. The van der Waals surface area contributed by atoms with E-state index in [4.69, 9.17) is 13.9 Å². The first-order chi connectivity index (χ1) is 14.7. The van der Waals surface area contributed by atoms with Crippen LogP contribution in [-0.2, 0) is 19.0 Å². The third-order valence-corrected chi connectivity index (χ3v) is 6.10. The zero-order valence-corrected chi connectivity index (χ0v) is 18.7. The Morgan fingerprint density at radius 2 is 1.87 bits per heavy atom. The first-order valence-electron chi connectivity index (χ1n) is 10.2. The number of morpholine rings is 1. The summed E-state index contributed by atoms with van der Waals surface area (Å²) in [7, 11) is -3.87. The van der Waals surface area contributed by atoms with Crippen LogP contribution in [0.1, 0.15) is 20.8 Å². The number of hydrogen-bond acceptors (Lipinski definition) is 8. The fourth-order valence-electron chi connectivity index (χ4n) is 3.23. The summed E-state index contributed by atoms with van der Waals surface area (Å²) in [6, 6.07) is 10.4. The van der Waals surface area contributed by atoms with Crippen LogP contribution in [0.25, 0.3) is 22.3 Å². The second kappa shape index (κ2) is 8.49. The van der Waals surface area contributed by atoms with E-state index in [1.165, 1.54) is 12.4 Å². The highest BCUT2D eigenvalue weighted by molar-refractivity contribution is 7.86. The topological polar surface area (TPSA) is 94.5 Å². The molecule has 0 bridgehead atoms. The normalized spacial score (nSPS) is 15.4. The van der Waals surface area contributed by atoms with Gasteiger partial charge in [-0.2, -0.15) is 8.42 Å². The smallest absolute Gasteiger partial charge is 0.297 e. The van der Waals surface area contributed by atoms with Gasteiger partial charge >= 0.3 is 0 Å². The van der Waals surface area contributed by atoms with Gasteiger partial charge in [-0.25, -0.2) is 15.0 Å². The minimum atomic E-state index is -3.87. The minimum Gasteiger partial charge on any atom is -0.378 e. The Labute approximate surface area is 182 Å². The maximum absolute atomic E-state index is 12.7. The van der Waals surface area contributed by atoms with Crippen LogP contribution in [0.2, 0.25) is 0 Å². The molecule has 0 N–H and O–H groups in total. The van der Waals surface area contributed by atoms with Gasteiger partial charge in [0.2, 0.25) is 0 Å². The highest BCUT2D eigenvalue weighted by atomic mass is 32.2. The van der Waals surface area contributed by atoms with Crippen molar-refractivity contribution in [3.63, 3.8) is 0 Å². The molecule has 0 spiro atoms. The Kier molecular flexibility index (Phi) is 5.92. The summed E-state index contributed by atoms with van der Waals surface area (Å²) in [6.45, 7) is 8.62. The van der Waals surface area contributed by atoms with Gasteiger partial charge in [0.25, 0.3) is 10.1 Å². The number of rotatable bonds is 5. The molecule has 1 aliphatic rings. The largest absolute Gasteiger partial charge is 0.378 e. The van der Waals surface area contributed by atoms with Crippen molar-refractivity contribution in [1.82, 2.24) is 15.0 Å². The van der Waals surface area contributed by atoms with E-state index >= 15 is 0 Å². The molecule has 0 unspecified atom stereocenters. The number of anilines is 1. The van der Waals surface area contributed by atoms with Crippen LogP contribution < -0.4 is 4.90 Å². The van der Waals surface area contributed by atoms with Gasteiger partial charge in [0.15, 0.2) is 5.82 Å². The molecular formula is C22H26N4O4S. The molecule has 0 saturated carbocycles. The molecule has 1 aliphatic heterocycles. The van der Waals surface area contributed by atoms with Crippen LogP contribution in [0.4, 0.5) is 5.82 Å². The molecule has 3 aromatic rings. The second-order valence-corrected chi connectivity index (χ2v) is 10.3. The molecule has 0 aliphatic carbocycles. The van der Waals surface area contributed by atoms with Crippen molar-refractivity contribution in [3.05, 3.63) is 42.7 Å². The average molecular weight is 443 g/mol. The Balaban J connectivity index is 1.70. The molecule has 4 rings (SSSR count). The molecule has 31 heavy (non-hydrogen) atoms. The SMILES string of the molecule is CC(C)(C)COS(=O)(=O)c1cccc(-c2ccc3ncnc(N4CCOCC4)c3n2)c1. The number of nitrogens with zero attached hydrogens (tertiary/aromatic N) is 4. The lowest BCUT2D eigenvalue weighted by Crippen LogP contribution is -2.37. The van der Waals surface area contributed by atoms with E-state index in [9.17, 15) is 8.42 Å². The Morgan fingerprint density at radius 1 is 1.10 bits per heavy atom. The third kappa shape index (κ3) is 5.00. The summed E-state index contributed by atoms with van der Waals surface area (Å²) in [4.78, 5) is 15.8. The van der Waals surface area contributed by atoms with Crippen LogP contribution in [0.15, 0.2) is 47.6 Å². The lowest BCUT2D eigenvalue weighted by atomic mass is 9.99. The number of pyridine rings is 1. The molecule has 0 amide bonds. The lowest BCUT2D eigenvalue weighted by Gasteiger charge is -2.28. The van der Waals surface area contributed by atoms with Crippen molar-refractivity contribution >= 4 is 27.0 Å². The number of fused-ring (bicyclic) bond motifs is 1. The number of aromatic nitrogens is 3. The molecule has 8 nitrogen and oxygen atoms in total. The Morgan fingerprint density at radius 3 is 2.61 bits per heavy atom. The molecule has 9 heteroatoms. The van der Waals surface area contributed by atoms with Crippen LogP contribution in [0, 0.1) is 5.41 Å². The number of ether oxygens (including phenoxy) is 1. The van der Waals surface area contributed by atoms with Crippen LogP contribution in [0.3, 0.4) is 0 Å². The zero-order valence-electron chi connectivity index (χ0n) is 17.9. The highest BCUT2D eigenvalue weighted by Gasteiger charge is 2.21. The van der Waals surface area contributed by atoms with Crippen molar-refractivity contribution in [2.24, 2.45) is 5.41 Å². The maximum atomic E-state index is 12.7. The first kappa shape index (κ1) is 21.6. The van der Waals surface area contributed by atoms with Crippen LogP contribution in [0.5, 0.6) is 0 Å². The van der Waals surface area contributed by atoms with Gasteiger partial charge in [-0.3, -0.25) is 4.18 Å². The van der Waals surface area contributed by atoms with E-state index in [-0.39, 0.29) is 16.9 Å². The number of benzene rings is 1. The van der Waals surface area contributed by atoms with Crippen molar-refractivity contribution < 1.29 is 17.3 Å². The van der Waals surface area contributed by atoms with Crippen LogP contribution >= 0.6 is 0 Å². The van der Waals surface area contributed by atoms with E-state index in [0.29, 0.717) is 30.0 Å². The van der Waals surface area contributed by atoms with Crippen molar-refractivity contribution in [1.29, 1.82) is 0 Å². The van der Waals surface area contributed by atoms with E-state index in [1.54, 1.807) is 12.1 Å². The van der Waals surface area contributed by atoms with Gasteiger partial charge in [0.05, 0.1) is 35.9 Å². The van der Waals surface area contributed by atoms with Crippen molar-refractivity contribution in [3.8, 4) is 11.3 Å². The molecule has 1 aromatic carbocycles. The molecule has 1 fully saturated rings. The van der Waals surface area contributed by atoms with E-state index in [0.717, 1.165) is 24.4 Å². The standard InChI is InChI=1S/C22H26N4O4S/c1-22(2,3)14-30-31(27,28)17-6-4-5-16(13-17)18-7-8-19-20(25-18)21(24-15-23-19)26-9-11-29-12-10-26/h4-8,13,15H,9-12,14H2,1-3H3. The Bertz CT molecular complexity index is 1190. The summed E-state index contributed by atoms with van der Waals surface area (Å²) >= 11 is 0. The molecule has 0 radical (unpaired) electrons. The Hall–Kier alpha value is -2.62. The predicted octanol–water partition coefficient (Wildman–Crippen LogP) is 3.28. The highest BCUT2D eigenvalue weighted by Crippen LogP contribution is 2.28. The zero-order chi connectivity index (χ0) is 22.1. The first-order valence-corrected chi connectivity index (χ1v) is 11.6. The fourth-order valence-corrected chi connectivity index (χ4v) is 4.39. The second-order valence-electron chi connectivity index (χ2n) is 8.67. The number of hydrogen-bond donors (Lipinski definition) is 0. The quantitative estimate of drug-likeness (QED) is 0.556. The third-order valence-electron chi connectivity index (χ3n) is 4.84. The maximum Gasteiger partial charge on any atom is 0.297 e. The molecule has 1 saturated heterocycles. The summed E-state index contributed by atoms with van der Waals surface area (Å²) in [6.07, 6.45) is 1.54. The van der Waals surface area contributed by atoms with Gasteiger partial charge in [0, 0.05) is 18.7 Å². The summed E-state index contributed by atoms with van der Waals surface area (Å²) in [5.74, 6) is 0.757. The predicted molar refractivity (Wildman–Crippen MR) is 118 cm³/mol. The molecule has 164 valence electrons. The van der Waals surface area contributed by atoms with Gasteiger partial charge in [0.1, 0.15) is 11.8 Å². The molecule has 0 atom stereocenters. The average Bonchev–Trinajstić information content (AvgIpc) is 2.77. The fraction of sp³-hybridized carbons (Fsp3) is 0.409. The molecule has 3 heterocycles. The van der Waals surface area contributed by atoms with E-state index in [1.807, 2.05) is 39.0 Å². The van der Waals surface area contributed by atoms with Gasteiger partial charge in [-0.15, -0.1) is 0 Å². The summed E-state index contributed by atoms with van der Waals surface area (Å²) in [5, 5.41) is 0. The van der Waals surface area contributed by atoms with Crippen LogP contribution in [-0.4, -0.2) is 56.3 Å². The molecule has 2 aromatic heterocycles. The van der Waals surface area contributed by atoms with E-state index < -0.39 is 10.1 Å².